The van der Waals surface area contributed by atoms with Crippen molar-refractivity contribution < 1.29 is 4.74 Å². The Labute approximate surface area is 181 Å². The first-order valence-electron chi connectivity index (χ1n) is 9.90. The third-order valence-electron chi connectivity index (χ3n) is 4.30. The molecule has 0 spiro atoms. The number of nitrogens with zero attached hydrogens (tertiary/aromatic N) is 2. The summed E-state index contributed by atoms with van der Waals surface area (Å²) >= 11 is 1.85. The van der Waals surface area contributed by atoms with E-state index < -0.39 is 0 Å². The number of anilines is 1. The summed E-state index contributed by atoms with van der Waals surface area (Å²) in [5.41, 5.74) is 3.37. The smallest absolute Gasteiger partial charge is 0.294 e. The number of aromatic nitrogens is 2. The van der Waals surface area contributed by atoms with Crippen LogP contribution in [0.2, 0.25) is 0 Å². The van der Waals surface area contributed by atoms with Crippen LogP contribution in [0.15, 0.2) is 65.6 Å². The molecule has 2 aromatic carbocycles. The summed E-state index contributed by atoms with van der Waals surface area (Å²) in [5.74, 6) is 2.55. The zero-order valence-electron chi connectivity index (χ0n) is 17.4. The maximum atomic E-state index is 12.2. The van der Waals surface area contributed by atoms with E-state index in [-0.39, 0.29) is 11.3 Å². The second-order valence-corrected chi connectivity index (χ2v) is 8.34. The van der Waals surface area contributed by atoms with Crippen molar-refractivity contribution in [3.8, 4) is 5.75 Å². The third-order valence-corrected chi connectivity index (χ3v) is 5.33. The molecule has 3 aromatic rings. The summed E-state index contributed by atoms with van der Waals surface area (Å²) in [6.07, 6.45) is 1.47. The lowest BCUT2D eigenvalue weighted by Crippen LogP contribution is -2.16. The Kier molecular flexibility index (Phi) is 8.35. The molecule has 0 aliphatic carbocycles. The molecule has 0 saturated heterocycles. The van der Waals surface area contributed by atoms with Crippen molar-refractivity contribution in [1.82, 2.24) is 14.9 Å². The third kappa shape index (κ3) is 7.24. The summed E-state index contributed by atoms with van der Waals surface area (Å²) in [4.78, 5) is 21.3. The van der Waals surface area contributed by atoms with Gasteiger partial charge in [0, 0.05) is 24.6 Å². The summed E-state index contributed by atoms with van der Waals surface area (Å²) < 4.78 is 5.56. The minimum absolute atomic E-state index is 0.219. The molecule has 0 aliphatic heterocycles. The van der Waals surface area contributed by atoms with Crippen molar-refractivity contribution in [2.24, 2.45) is 0 Å². The van der Waals surface area contributed by atoms with E-state index in [0.29, 0.717) is 12.6 Å². The van der Waals surface area contributed by atoms with Crippen LogP contribution < -0.4 is 15.6 Å². The Bertz CT molecular complexity index is 976. The SMILES string of the molecule is CN(C)Cc1cccc(CSCCNc2ncc(OCc3ccccc3)c(=O)[nH]2)c1. The van der Waals surface area contributed by atoms with E-state index in [0.717, 1.165) is 30.2 Å². The van der Waals surface area contributed by atoms with Crippen molar-refractivity contribution in [3.63, 3.8) is 0 Å². The molecule has 7 heteroatoms. The van der Waals surface area contributed by atoms with Gasteiger partial charge in [0.15, 0.2) is 0 Å². The number of H-pyrrole nitrogens is 1. The number of nitrogens with one attached hydrogen (secondary N) is 2. The van der Waals surface area contributed by atoms with Crippen LogP contribution in [0.25, 0.3) is 0 Å². The highest BCUT2D eigenvalue weighted by atomic mass is 32.2. The number of rotatable bonds is 11. The second-order valence-electron chi connectivity index (χ2n) is 7.24. The van der Waals surface area contributed by atoms with Crippen molar-refractivity contribution in [3.05, 3.63) is 87.8 Å². The lowest BCUT2D eigenvalue weighted by Gasteiger charge is -2.11. The molecule has 0 atom stereocenters. The Balaban J connectivity index is 1.40. The van der Waals surface area contributed by atoms with Gasteiger partial charge in [-0.15, -0.1) is 0 Å². The van der Waals surface area contributed by atoms with Crippen LogP contribution in [0.4, 0.5) is 5.95 Å². The highest BCUT2D eigenvalue weighted by Crippen LogP contribution is 2.14. The molecule has 1 aromatic heterocycles. The van der Waals surface area contributed by atoms with Gasteiger partial charge in [0.2, 0.25) is 11.7 Å². The number of hydrogen-bond donors (Lipinski definition) is 2. The molecule has 6 nitrogen and oxygen atoms in total. The molecule has 0 saturated carbocycles. The maximum Gasteiger partial charge on any atom is 0.294 e. The second kappa shape index (κ2) is 11.4. The monoisotopic (exact) mass is 424 g/mol. The number of thioether (sulfide) groups is 1. The van der Waals surface area contributed by atoms with Crippen molar-refractivity contribution >= 4 is 17.7 Å². The zero-order chi connectivity index (χ0) is 21.2. The fourth-order valence-corrected chi connectivity index (χ4v) is 3.73. The summed E-state index contributed by atoms with van der Waals surface area (Å²) in [5, 5.41) is 3.16. The molecule has 30 heavy (non-hydrogen) atoms. The van der Waals surface area contributed by atoms with Gasteiger partial charge in [-0.2, -0.15) is 11.8 Å². The topological polar surface area (TPSA) is 70.2 Å². The molecule has 1 heterocycles. The number of hydrogen-bond acceptors (Lipinski definition) is 6. The van der Waals surface area contributed by atoms with Crippen LogP contribution in [0, 0.1) is 0 Å². The molecular weight excluding hydrogens is 396 g/mol. The number of aromatic amines is 1. The Morgan fingerprint density at radius 3 is 2.60 bits per heavy atom. The van der Waals surface area contributed by atoms with Gasteiger partial charge in [-0.25, -0.2) is 4.98 Å². The molecule has 0 aliphatic rings. The van der Waals surface area contributed by atoms with Gasteiger partial charge < -0.3 is 15.0 Å². The van der Waals surface area contributed by atoms with Crippen molar-refractivity contribution in [2.45, 2.75) is 18.9 Å². The van der Waals surface area contributed by atoms with Crippen LogP contribution in [0.3, 0.4) is 0 Å². The van der Waals surface area contributed by atoms with Gasteiger partial charge in [-0.05, 0) is 30.8 Å². The molecule has 0 amide bonds. The fourth-order valence-electron chi connectivity index (χ4n) is 2.93. The molecule has 0 radical (unpaired) electrons. The standard InChI is InChI=1S/C23H28N4O2S/c1-27(2)15-19-9-6-10-20(13-19)17-30-12-11-24-23-25-14-21(22(28)26-23)29-16-18-7-4-3-5-8-18/h3-10,13-14H,11-12,15-17H2,1-2H3,(H2,24,25,26,28). The first kappa shape index (κ1) is 21.9. The van der Waals surface area contributed by atoms with Crippen LogP contribution in [0.5, 0.6) is 5.75 Å². The largest absolute Gasteiger partial charge is 0.482 e. The molecule has 0 bridgehead atoms. The van der Waals surface area contributed by atoms with Gasteiger partial charge in [0.1, 0.15) is 6.61 Å². The van der Waals surface area contributed by atoms with Crippen LogP contribution in [-0.4, -0.2) is 41.3 Å². The maximum absolute atomic E-state index is 12.2. The summed E-state index contributed by atoms with van der Waals surface area (Å²) in [7, 11) is 4.15. The van der Waals surface area contributed by atoms with E-state index in [1.807, 2.05) is 42.1 Å². The minimum Gasteiger partial charge on any atom is -0.482 e. The van der Waals surface area contributed by atoms with Gasteiger partial charge >= 0.3 is 0 Å². The highest BCUT2D eigenvalue weighted by Gasteiger charge is 2.04. The van der Waals surface area contributed by atoms with E-state index >= 15 is 0 Å². The average molecular weight is 425 g/mol. The van der Waals surface area contributed by atoms with Crippen LogP contribution in [0.1, 0.15) is 16.7 Å². The quantitative estimate of drug-likeness (QED) is 0.457. The normalized spacial score (nSPS) is 10.9. The molecule has 2 N–H and O–H groups in total. The van der Waals surface area contributed by atoms with E-state index in [2.05, 4.69) is 58.5 Å². The number of benzene rings is 2. The van der Waals surface area contributed by atoms with E-state index in [1.54, 1.807) is 0 Å². The van der Waals surface area contributed by atoms with E-state index in [9.17, 15) is 4.79 Å². The van der Waals surface area contributed by atoms with Gasteiger partial charge in [-0.3, -0.25) is 9.78 Å². The van der Waals surface area contributed by atoms with Crippen molar-refractivity contribution in [2.75, 3.05) is 31.7 Å². The van der Waals surface area contributed by atoms with E-state index in [1.165, 1.54) is 17.3 Å². The summed E-state index contributed by atoms with van der Waals surface area (Å²) in [6, 6.07) is 18.4. The predicted molar refractivity (Wildman–Crippen MR) is 124 cm³/mol. The van der Waals surface area contributed by atoms with E-state index in [4.69, 9.17) is 4.74 Å². The first-order chi connectivity index (χ1) is 14.6. The first-order valence-corrected chi connectivity index (χ1v) is 11.1. The fraction of sp³-hybridized carbons (Fsp3) is 0.304. The Morgan fingerprint density at radius 1 is 1.07 bits per heavy atom. The molecule has 0 unspecified atom stereocenters. The Hall–Kier alpha value is -2.77. The molecule has 0 fully saturated rings. The minimum atomic E-state index is -0.284. The summed E-state index contributed by atoms with van der Waals surface area (Å²) in [6.45, 7) is 2.00. The lowest BCUT2D eigenvalue weighted by molar-refractivity contribution is 0.300. The molecule has 158 valence electrons. The van der Waals surface area contributed by atoms with Crippen molar-refractivity contribution in [1.29, 1.82) is 0 Å². The molecule has 3 rings (SSSR count). The molecular formula is C23H28N4O2S. The lowest BCUT2D eigenvalue weighted by atomic mass is 10.1. The van der Waals surface area contributed by atoms with Gasteiger partial charge in [-0.1, -0.05) is 54.6 Å². The van der Waals surface area contributed by atoms with Crippen LogP contribution in [-0.2, 0) is 18.9 Å². The predicted octanol–water partition coefficient (Wildman–Crippen LogP) is 3.76. The number of ether oxygens (including phenoxy) is 1. The van der Waals surface area contributed by atoms with Gasteiger partial charge in [0.05, 0.1) is 6.20 Å². The highest BCUT2D eigenvalue weighted by molar-refractivity contribution is 7.98. The Morgan fingerprint density at radius 2 is 1.83 bits per heavy atom. The zero-order valence-corrected chi connectivity index (χ0v) is 18.2. The average Bonchev–Trinajstić information content (AvgIpc) is 2.73. The van der Waals surface area contributed by atoms with Gasteiger partial charge in [0.25, 0.3) is 5.56 Å². The van der Waals surface area contributed by atoms with Crippen LogP contribution >= 0.6 is 11.8 Å².